The second kappa shape index (κ2) is 5.16. The number of aliphatic carboxylic acids is 1. The number of nitrogens with one attached hydrogen (secondary N) is 1. The van der Waals surface area contributed by atoms with Gasteiger partial charge in [0.15, 0.2) is 0 Å². The van der Waals surface area contributed by atoms with Crippen molar-refractivity contribution in [2.45, 2.75) is 18.9 Å². The molecule has 0 aromatic carbocycles. The van der Waals surface area contributed by atoms with E-state index in [0.717, 1.165) is 19.4 Å². The van der Waals surface area contributed by atoms with E-state index in [1.807, 2.05) is 0 Å². The summed E-state index contributed by atoms with van der Waals surface area (Å²) in [5.74, 6) is 7.28. The Kier molecular flexibility index (Phi) is 4.82. The fourth-order valence-corrected chi connectivity index (χ4v) is 0.895. The van der Waals surface area contributed by atoms with Crippen molar-refractivity contribution in [3.8, 4) is 0 Å². The molecule has 0 radical (unpaired) electrons. The fourth-order valence-electron chi connectivity index (χ4n) is 0.895. The monoisotopic (exact) mass is 147 g/mol. The molecule has 1 heterocycles. The molecule has 0 bridgehead atoms. The van der Waals surface area contributed by atoms with Gasteiger partial charge < -0.3 is 10.4 Å². The first-order chi connectivity index (χ1) is 4.80. The molecular weight excluding hydrogens is 134 g/mol. The first-order valence-corrected chi connectivity index (χ1v) is 3.10. The summed E-state index contributed by atoms with van der Waals surface area (Å²) in [6, 6.07) is -0.269. The van der Waals surface area contributed by atoms with E-state index in [9.17, 15) is 4.79 Å². The van der Waals surface area contributed by atoms with Crippen LogP contribution in [0.25, 0.3) is 0 Å². The van der Waals surface area contributed by atoms with Crippen LogP contribution in [0.4, 0.5) is 0 Å². The van der Waals surface area contributed by atoms with E-state index >= 15 is 0 Å². The number of carbonyl (C=O) groups is 1. The van der Waals surface area contributed by atoms with Crippen LogP contribution in [-0.4, -0.2) is 23.7 Å². The predicted octanol–water partition coefficient (Wildman–Crippen LogP) is -1.36. The maximum atomic E-state index is 10.1. The molecule has 5 nitrogen and oxygen atoms in total. The molecule has 10 heavy (non-hydrogen) atoms. The number of hydrazine groups is 1. The van der Waals surface area contributed by atoms with Gasteiger partial charge in [-0.05, 0) is 19.4 Å². The summed E-state index contributed by atoms with van der Waals surface area (Å²) in [4.78, 5) is 10.1. The minimum atomic E-state index is -0.720. The van der Waals surface area contributed by atoms with Crippen molar-refractivity contribution < 1.29 is 9.90 Å². The lowest BCUT2D eigenvalue weighted by atomic mass is 10.2. The third kappa shape index (κ3) is 2.77. The first-order valence-electron chi connectivity index (χ1n) is 3.10. The summed E-state index contributed by atoms with van der Waals surface area (Å²) < 4.78 is 0. The zero-order valence-corrected chi connectivity index (χ0v) is 5.71. The maximum Gasteiger partial charge on any atom is 0.320 e. The highest BCUT2D eigenvalue weighted by molar-refractivity contribution is 5.73. The lowest BCUT2D eigenvalue weighted by Crippen LogP contribution is -2.29. The number of hydrogen-bond acceptors (Lipinski definition) is 4. The maximum absolute atomic E-state index is 10.1. The minimum absolute atomic E-state index is 0.269. The smallest absolute Gasteiger partial charge is 0.320 e. The van der Waals surface area contributed by atoms with Crippen molar-refractivity contribution in [2.24, 2.45) is 11.7 Å². The molecule has 1 saturated heterocycles. The van der Waals surface area contributed by atoms with Gasteiger partial charge in [-0.25, -0.2) is 0 Å². The van der Waals surface area contributed by atoms with Crippen LogP contribution in [-0.2, 0) is 4.79 Å². The van der Waals surface area contributed by atoms with Gasteiger partial charge in [0, 0.05) is 0 Å². The van der Waals surface area contributed by atoms with Crippen molar-refractivity contribution in [3.05, 3.63) is 0 Å². The van der Waals surface area contributed by atoms with Crippen LogP contribution in [0.3, 0.4) is 0 Å². The second-order valence-corrected chi connectivity index (χ2v) is 1.99. The van der Waals surface area contributed by atoms with Crippen LogP contribution in [0, 0.1) is 0 Å². The molecule has 1 aliphatic heterocycles. The fraction of sp³-hybridized carbons (Fsp3) is 0.800. The third-order valence-electron chi connectivity index (χ3n) is 1.36. The Balaban J connectivity index is 0.000000371. The zero-order valence-electron chi connectivity index (χ0n) is 5.71. The summed E-state index contributed by atoms with van der Waals surface area (Å²) in [5.41, 5.74) is 0. The number of hydrogen-bond donors (Lipinski definition) is 4. The molecular formula is C5H13N3O2. The number of carboxylic acid groups (broad SMARTS) is 1. The second-order valence-electron chi connectivity index (χ2n) is 1.99. The van der Waals surface area contributed by atoms with E-state index in [2.05, 4.69) is 17.0 Å². The van der Waals surface area contributed by atoms with Crippen LogP contribution in [0.5, 0.6) is 0 Å². The molecule has 5 heteroatoms. The number of nitrogens with two attached hydrogens (primary N) is 2. The molecule has 0 unspecified atom stereocenters. The van der Waals surface area contributed by atoms with Gasteiger partial charge in [0.2, 0.25) is 0 Å². The Morgan fingerprint density at radius 3 is 2.40 bits per heavy atom. The number of rotatable bonds is 1. The van der Waals surface area contributed by atoms with Crippen molar-refractivity contribution >= 4 is 5.97 Å². The largest absolute Gasteiger partial charge is 0.480 e. The van der Waals surface area contributed by atoms with E-state index < -0.39 is 5.97 Å². The Morgan fingerprint density at radius 2 is 2.20 bits per heavy atom. The van der Waals surface area contributed by atoms with Crippen molar-refractivity contribution in [1.29, 1.82) is 0 Å². The van der Waals surface area contributed by atoms with Gasteiger partial charge in [0.25, 0.3) is 0 Å². The van der Waals surface area contributed by atoms with Gasteiger partial charge in [-0.3, -0.25) is 16.5 Å². The summed E-state index contributed by atoms with van der Waals surface area (Å²) >= 11 is 0. The average molecular weight is 147 g/mol. The first kappa shape index (κ1) is 9.35. The number of carboxylic acids is 1. The molecule has 0 spiro atoms. The average Bonchev–Trinajstić information content (AvgIpc) is 2.42. The molecule has 6 N–H and O–H groups in total. The van der Waals surface area contributed by atoms with Crippen LogP contribution in [0.15, 0.2) is 0 Å². The molecule has 0 aromatic heterocycles. The highest BCUT2D eigenvalue weighted by Crippen LogP contribution is 2.03. The van der Waals surface area contributed by atoms with Gasteiger partial charge in [0.1, 0.15) is 6.04 Å². The van der Waals surface area contributed by atoms with Crippen molar-refractivity contribution in [3.63, 3.8) is 0 Å². The van der Waals surface area contributed by atoms with Crippen molar-refractivity contribution in [1.82, 2.24) is 5.32 Å². The minimum Gasteiger partial charge on any atom is -0.480 e. The summed E-state index contributed by atoms with van der Waals surface area (Å²) in [6.07, 6.45) is 1.78. The Bertz CT molecular complexity index is 101. The van der Waals surface area contributed by atoms with Crippen LogP contribution >= 0.6 is 0 Å². The molecule has 60 valence electrons. The Labute approximate surface area is 59.4 Å². The van der Waals surface area contributed by atoms with Gasteiger partial charge in [0.05, 0.1) is 0 Å². The lowest BCUT2D eigenvalue weighted by Gasteiger charge is -1.99. The highest BCUT2D eigenvalue weighted by atomic mass is 16.4. The summed E-state index contributed by atoms with van der Waals surface area (Å²) in [7, 11) is 0. The van der Waals surface area contributed by atoms with Gasteiger partial charge >= 0.3 is 5.97 Å². The van der Waals surface area contributed by atoms with E-state index in [-0.39, 0.29) is 6.04 Å². The molecule has 0 aromatic rings. The molecule has 0 aliphatic carbocycles. The molecule has 0 amide bonds. The predicted molar refractivity (Wildman–Crippen MR) is 37.0 cm³/mol. The third-order valence-corrected chi connectivity index (χ3v) is 1.36. The lowest BCUT2D eigenvalue weighted by molar-refractivity contribution is -0.139. The topological polar surface area (TPSA) is 101 Å². The van der Waals surface area contributed by atoms with Gasteiger partial charge in [-0.15, -0.1) is 0 Å². The zero-order chi connectivity index (χ0) is 7.98. The molecule has 1 atom stereocenters. The molecule has 1 aliphatic rings. The molecule has 1 fully saturated rings. The SMILES string of the molecule is NN.O=C(O)[C@@H]1CCCN1. The molecule has 1 rings (SSSR count). The standard InChI is InChI=1S/C5H9NO2.H4N2/c7-5(8)4-2-1-3-6-4;1-2/h4,6H,1-3H2,(H,7,8);1-2H2/t4-;/m0./s1. The normalized spacial score (nSPS) is 23.2. The summed E-state index contributed by atoms with van der Waals surface area (Å²) in [6.45, 7) is 0.858. The Morgan fingerprint density at radius 1 is 1.60 bits per heavy atom. The van der Waals surface area contributed by atoms with Crippen LogP contribution in [0.2, 0.25) is 0 Å². The summed E-state index contributed by atoms with van der Waals surface area (Å²) in [5, 5.41) is 11.2. The van der Waals surface area contributed by atoms with E-state index in [0.29, 0.717) is 0 Å². The van der Waals surface area contributed by atoms with Gasteiger partial charge in [-0.1, -0.05) is 0 Å². The van der Waals surface area contributed by atoms with Crippen LogP contribution < -0.4 is 17.0 Å². The van der Waals surface area contributed by atoms with E-state index in [4.69, 9.17) is 5.11 Å². The Hall–Kier alpha value is -0.650. The van der Waals surface area contributed by atoms with Crippen molar-refractivity contribution in [2.75, 3.05) is 6.54 Å². The van der Waals surface area contributed by atoms with E-state index in [1.54, 1.807) is 0 Å². The van der Waals surface area contributed by atoms with E-state index in [1.165, 1.54) is 0 Å². The van der Waals surface area contributed by atoms with Gasteiger partial charge in [-0.2, -0.15) is 0 Å². The highest BCUT2D eigenvalue weighted by Gasteiger charge is 2.20. The quantitative estimate of drug-likeness (QED) is 0.271. The van der Waals surface area contributed by atoms with Crippen LogP contribution in [0.1, 0.15) is 12.8 Å². The molecule has 0 saturated carbocycles.